The molecule has 8 nitrogen and oxygen atoms in total. The summed E-state index contributed by atoms with van der Waals surface area (Å²) in [6, 6.07) is 0.467. The van der Waals surface area contributed by atoms with Gasteiger partial charge in [0, 0.05) is 28.5 Å². The third-order valence-corrected chi connectivity index (χ3v) is 7.02. The number of unbranched alkanes of at least 4 members (excludes halogenated alkanes) is 4. The molecule has 2 aliphatic rings. The van der Waals surface area contributed by atoms with Crippen LogP contribution in [0, 0.1) is 0 Å². The van der Waals surface area contributed by atoms with E-state index in [0.717, 1.165) is 50.7 Å². The number of urea groups is 1. The first-order chi connectivity index (χ1) is 13.1. The number of thioether (sulfide) groups is 1. The molecule has 4 atom stereocenters. The highest BCUT2D eigenvalue weighted by molar-refractivity contribution is 8.00. The van der Waals surface area contributed by atoms with Gasteiger partial charge in [0.2, 0.25) is 5.91 Å². The van der Waals surface area contributed by atoms with Gasteiger partial charge < -0.3 is 16.0 Å². The van der Waals surface area contributed by atoms with E-state index in [0.29, 0.717) is 24.8 Å². The van der Waals surface area contributed by atoms with Crippen molar-refractivity contribution < 1.29 is 23.2 Å². The summed E-state index contributed by atoms with van der Waals surface area (Å²) >= 11 is 1.91. The average Bonchev–Trinajstić information content (AvgIpc) is 3.20. The van der Waals surface area contributed by atoms with E-state index < -0.39 is 8.25 Å². The van der Waals surface area contributed by atoms with Gasteiger partial charge in [0.1, 0.15) is 6.61 Å². The van der Waals surface area contributed by atoms with Crippen LogP contribution in [0.15, 0.2) is 0 Å². The van der Waals surface area contributed by atoms with Crippen LogP contribution in [0.25, 0.3) is 0 Å². The fraction of sp³-hybridized carbons (Fsp3) is 0.882. The van der Waals surface area contributed by atoms with Gasteiger partial charge in [-0.3, -0.25) is 4.79 Å². The Hall–Kier alpha value is -0.890. The molecule has 2 heterocycles. The highest BCUT2D eigenvalue weighted by Crippen LogP contribution is 2.33. The minimum absolute atomic E-state index is 0.0485. The molecule has 2 rings (SSSR count). The van der Waals surface area contributed by atoms with Crippen molar-refractivity contribution in [2.24, 2.45) is 0 Å². The van der Waals surface area contributed by atoms with Gasteiger partial charge >= 0.3 is 14.3 Å². The van der Waals surface area contributed by atoms with Crippen LogP contribution in [0.4, 0.5) is 4.79 Å². The Morgan fingerprint density at radius 3 is 2.85 bits per heavy atom. The topological polar surface area (TPSA) is 106 Å². The van der Waals surface area contributed by atoms with Crippen molar-refractivity contribution in [1.29, 1.82) is 0 Å². The molecule has 0 aromatic heterocycles. The third kappa shape index (κ3) is 8.34. The quantitative estimate of drug-likeness (QED) is 0.227. The maximum absolute atomic E-state index is 11.9. The van der Waals surface area contributed by atoms with Crippen LogP contribution in [0.2, 0.25) is 0 Å². The normalized spacial score (nSPS) is 24.3. The van der Waals surface area contributed by atoms with Crippen LogP contribution < -0.4 is 16.0 Å². The smallest absolute Gasteiger partial charge is 0.356 e. The van der Waals surface area contributed by atoms with Gasteiger partial charge in [-0.05, 0) is 25.7 Å². The van der Waals surface area contributed by atoms with E-state index in [1.165, 1.54) is 7.11 Å². The second-order valence-electron chi connectivity index (χ2n) is 6.87. The van der Waals surface area contributed by atoms with Crippen LogP contribution in [0.1, 0.15) is 51.4 Å². The summed E-state index contributed by atoms with van der Waals surface area (Å²) in [6.07, 6.45) is 7.27. The summed E-state index contributed by atoms with van der Waals surface area (Å²) in [5, 5.41) is 9.37. The van der Waals surface area contributed by atoms with Gasteiger partial charge in [-0.15, -0.1) is 9.05 Å². The summed E-state index contributed by atoms with van der Waals surface area (Å²) in [5.74, 6) is 1.09. The fourth-order valence-corrected chi connectivity index (χ4v) is 5.29. The first-order valence-electron chi connectivity index (χ1n) is 9.69. The first-order valence-corrected chi connectivity index (χ1v) is 11.8. The number of carbonyl (C=O) groups excluding carboxylic acids is 2. The van der Waals surface area contributed by atoms with Crippen molar-refractivity contribution in [3.05, 3.63) is 0 Å². The molecule has 3 N–H and O–H groups in total. The number of fused-ring (bicyclic) bond motifs is 1. The zero-order valence-corrected chi connectivity index (χ0v) is 17.6. The Bertz CT molecular complexity index is 511. The number of amides is 3. The Labute approximate surface area is 166 Å². The lowest BCUT2D eigenvalue weighted by molar-refractivity contribution is -0.121. The molecule has 0 aliphatic carbocycles. The van der Waals surface area contributed by atoms with Crippen LogP contribution >= 0.6 is 20.0 Å². The standard InChI is InChI=1S/C17H30N3O5PS/c1-24-26(23)25-11-7-3-2-6-10-18-15(21)9-5-4-8-14-16-13(12-27-14)19-17(22)20-16/h13-14,16H,2-12H2,1H3,(H2-,18,19,20,21,22)/p+1. The van der Waals surface area contributed by atoms with Crippen molar-refractivity contribution in [2.75, 3.05) is 26.0 Å². The minimum Gasteiger partial charge on any atom is -0.356 e. The van der Waals surface area contributed by atoms with E-state index in [-0.39, 0.29) is 24.0 Å². The van der Waals surface area contributed by atoms with Gasteiger partial charge in [0.15, 0.2) is 0 Å². The van der Waals surface area contributed by atoms with Crippen molar-refractivity contribution in [2.45, 2.75) is 68.7 Å². The van der Waals surface area contributed by atoms with Gasteiger partial charge in [-0.25, -0.2) is 4.79 Å². The van der Waals surface area contributed by atoms with Gasteiger partial charge in [-0.1, -0.05) is 19.3 Å². The van der Waals surface area contributed by atoms with Crippen LogP contribution in [-0.4, -0.2) is 55.3 Å². The summed E-state index contributed by atoms with van der Waals surface area (Å²) in [7, 11) is -0.602. The van der Waals surface area contributed by atoms with Gasteiger partial charge in [-0.2, -0.15) is 11.8 Å². The SMILES string of the molecule is CO[P+](=O)OCCCCCCNC(=O)CCCCC1SCC2NC(=O)NC21. The maximum Gasteiger partial charge on any atom is 0.697 e. The monoisotopic (exact) mass is 420 g/mol. The Balaban J connectivity index is 1.39. The zero-order chi connectivity index (χ0) is 19.5. The van der Waals surface area contributed by atoms with Crippen LogP contribution in [0.5, 0.6) is 0 Å². The average molecular weight is 420 g/mol. The van der Waals surface area contributed by atoms with Crippen LogP contribution in [0.3, 0.4) is 0 Å². The molecule has 3 amide bonds. The van der Waals surface area contributed by atoms with Crippen molar-refractivity contribution in [1.82, 2.24) is 16.0 Å². The van der Waals surface area contributed by atoms with E-state index in [2.05, 4.69) is 20.5 Å². The van der Waals surface area contributed by atoms with Crippen molar-refractivity contribution in [3.63, 3.8) is 0 Å². The summed E-state index contributed by atoms with van der Waals surface area (Å²) < 4.78 is 20.4. The predicted octanol–water partition coefficient (Wildman–Crippen LogP) is 2.71. The number of carbonyl (C=O) groups is 2. The molecule has 0 aromatic carbocycles. The van der Waals surface area contributed by atoms with E-state index in [4.69, 9.17) is 4.52 Å². The maximum atomic E-state index is 11.9. The summed E-state index contributed by atoms with van der Waals surface area (Å²) in [4.78, 5) is 23.2. The van der Waals surface area contributed by atoms with Crippen molar-refractivity contribution >= 4 is 32.0 Å². The molecular weight excluding hydrogens is 389 g/mol. The highest BCUT2D eigenvalue weighted by Gasteiger charge is 2.42. The van der Waals surface area contributed by atoms with E-state index in [1.807, 2.05) is 11.8 Å². The molecule has 2 aliphatic heterocycles. The second-order valence-corrected chi connectivity index (χ2v) is 9.21. The summed E-state index contributed by atoms with van der Waals surface area (Å²) in [5.41, 5.74) is 0. The molecule has 0 spiro atoms. The number of hydrogen-bond acceptors (Lipinski definition) is 6. The lowest BCUT2D eigenvalue weighted by atomic mass is 10.0. The highest BCUT2D eigenvalue weighted by atomic mass is 32.2. The Morgan fingerprint density at radius 1 is 1.22 bits per heavy atom. The zero-order valence-electron chi connectivity index (χ0n) is 15.9. The molecule has 2 saturated heterocycles. The van der Waals surface area contributed by atoms with Gasteiger partial charge in [0.25, 0.3) is 0 Å². The molecule has 27 heavy (non-hydrogen) atoms. The molecule has 0 saturated carbocycles. The van der Waals surface area contributed by atoms with Gasteiger partial charge in [0.05, 0.1) is 19.2 Å². The van der Waals surface area contributed by atoms with E-state index in [1.54, 1.807) is 0 Å². The largest absolute Gasteiger partial charge is 0.697 e. The molecule has 154 valence electrons. The number of nitrogens with one attached hydrogen (secondary N) is 3. The van der Waals surface area contributed by atoms with Crippen molar-refractivity contribution in [3.8, 4) is 0 Å². The molecule has 0 aromatic rings. The predicted molar refractivity (Wildman–Crippen MR) is 106 cm³/mol. The number of hydrogen-bond donors (Lipinski definition) is 3. The fourth-order valence-electron chi connectivity index (χ4n) is 3.36. The lowest BCUT2D eigenvalue weighted by Gasteiger charge is -2.16. The van der Waals surface area contributed by atoms with Crippen LogP contribution in [-0.2, 0) is 18.4 Å². The molecule has 10 heteroatoms. The first kappa shape index (κ1) is 22.4. The lowest BCUT2D eigenvalue weighted by Crippen LogP contribution is -2.36. The Kier molecular flexibility index (Phi) is 10.4. The molecule has 0 radical (unpaired) electrons. The third-order valence-electron chi connectivity index (χ3n) is 4.82. The molecule has 4 unspecified atom stereocenters. The summed E-state index contributed by atoms with van der Waals surface area (Å²) in [6.45, 7) is 1.14. The minimum atomic E-state index is -1.96. The van der Waals surface area contributed by atoms with E-state index >= 15 is 0 Å². The Morgan fingerprint density at radius 2 is 2.04 bits per heavy atom. The molecule has 2 fully saturated rings. The number of rotatable bonds is 14. The van der Waals surface area contributed by atoms with E-state index in [9.17, 15) is 14.2 Å². The molecule has 0 bridgehead atoms. The second kappa shape index (κ2) is 12.5. The molecular formula is C17H31N3O5PS+.